The molecule has 1 aromatic carbocycles. The molecular formula is C20H25ClN4. The number of nitrogens with zero attached hydrogens (tertiary/aromatic N) is 4. The fourth-order valence-electron chi connectivity index (χ4n) is 4.32. The molecule has 0 amide bonds. The zero-order valence-corrected chi connectivity index (χ0v) is 15.3. The molecule has 0 aliphatic carbocycles. The molecule has 2 atom stereocenters. The lowest BCUT2D eigenvalue weighted by Gasteiger charge is -2.34. The Bertz CT molecular complexity index is 660. The molecule has 25 heavy (non-hydrogen) atoms. The Labute approximate surface area is 154 Å². The minimum Gasteiger partial charge on any atom is -0.298 e. The Morgan fingerprint density at radius 2 is 1.44 bits per heavy atom. The molecular weight excluding hydrogens is 332 g/mol. The van der Waals surface area contributed by atoms with Crippen molar-refractivity contribution in [1.82, 2.24) is 20.0 Å². The fraction of sp³-hybridized carbons (Fsp3) is 0.500. The summed E-state index contributed by atoms with van der Waals surface area (Å²) in [6, 6.07) is 14.7. The van der Waals surface area contributed by atoms with Gasteiger partial charge in [0.1, 0.15) is 0 Å². The van der Waals surface area contributed by atoms with Crippen molar-refractivity contribution in [2.24, 2.45) is 11.8 Å². The summed E-state index contributed by atoms with van der Waals surface area (Å²) in [7, 11) is 0. The molecule has 2 saturated heterocycles. The molecule has 2 aliphatic heterocycles. The molecule has 2 aromatic rings. The van der Waals surface area contributed by atoms with E-state index in [1.165, 1.54) is 31.5 Å². The van der Waals surface area contributed by atoms with Gasteiger partial charge in [-0.1, -0.05) is 41.9 Å². The third kappa shape index (κ3) is 4.57. The molecule has 0 spiro atoms. The van der Waals surface area contributed by atoms with E-state index >= 15 is 0 Å². The normalized spacial score (nSPS) is 24.8. The number of likely N-dealkylation sites (tertiary alicyclic amines) is 2. The second-order valence-electron chi connectivity index (χ2n) is 7.53. The summed E-state index contributed by atoms with van der Waals surface area (Å²) in [4.78, 5) is 5.23. The molecule has 1 aromatic heterocycles. The zero-order chi connectivity index (χ0) is 17.1. The highest BCUT2D eigenvalue weighted by atomic mass is 35.5. The molecule has 0 N–H and O–H groups in total. The molecule has 2 fully saturated rings. The van der Waals surface area contributed by atoms with Gasteiger partial charge in [-0.05, 0) is 42.4 Å². The van der Waals surface area contributed by atoms with Gasteiger partial charge in [-0.25, -0.2) is 0 Å². The van der Waals surface area contributed by atoms with Crippen molar-refractivity contribution < 1.29 is 0 Å². The largest absolute Gasteiger partial charge is 0.298 e. The van der Waals surface area contributed by atoms with Crippen LogP contribution in [-0.4, -0.2) is 46.2 Å². The van der Waals surface area contributed by atoms with E-state index in [-0.39, 0.29) is 0 Å². The van der Waals surface area contributed by atoms with E-state index < -0.39 is 0 Å². The van der Waals surface area contributed by atoms with Crippen LogP contribution < -0.4 is 0 Å². The van der Waals surface area contributed by atoms with Crippen molar-refractivity contribution in [3.05, 3.63) is 58.9 Å². The van der Waals surface area contributed by atoms with E-state index in [1.54, 1.807) is 0 Å². The van der Waals surface area contributed by atoms with E-state index in [1.807, 2.05) is 12.1 Å². The summed E-state index contributed by atoms with van der Waals surface area (Å²) in [5.74, 6) is 1.49. The maximum Gasteiger partial charge on any atom is 0.151 e. The third-order valence-electron chi connectivity index (χ3n) is 5.37. The van der Waals surface area contributed by atoms with Gasteiger partial charge in [-0.3, -0.25) is 9.80 Å². The van der Waals surface area contributed by atoms with E-state index in [2.05, 4.69) is 50.3 Å². The number of rotatable bonds is 4. The molecule has 2 unspecified atom stereocenters. The number of hydrogen-bond acceptors (Lipinski definition) is 4. The van der Waals surface area contributed by atoms with Crippen LogP contribution in [0.1, 0.15) is 24.1 Å². The molecule has 5 heteroatoms. The highest BCUT2D eigenvalue weighted by Crippen LogP contribution is 2.28. The van der Waals surface area contributed by atoms with Crippen molar-refractivity contribution >= 4 is 11.6 Å². The first kappa shape index (κ1) is 17.0. The smallest absolute Gasteiger partial charge is 0.151 e. The summed E-state index contributed by atoms with van der Waals surface area (Å²) in [5.41, 5.74) is 2.45. The predicted octanol–water partition coefficient (Wildman–Crippen LogP) is 3.47. The van der Waals surface area contributed by atoms with Gasteiger partial charge in [-0.2, -0.15) is 5.10 Å². The predicted molar refractivity (Wildman–Crippen MR) is 100 cm³/mol. The SMILES string of the molecule is Clc1ccc(CN2CC3CCC(CN(Cc4ccccc4)C3)C2)nn1. The molecule has 2 bridgehead atoms. The minimum absolute atomic E-state index is 0.466. The average molecular weight is 357 g/mol. The Morgan fingerprint density at radius 3 is 2.04 bits per heavy atom. The summed E-state index contributed by atoms with van der Waals surface area (Å²) in [6.07, 6.45) is 2.69. The number of aromatic nitrogens is 2. The van der Waals surface area contributed by atoms with Crippen LogP contribution in [-0.2, 0) is 13.1 Å². The Hall–Kier alpha value is -1.49. The van der Waals surface area contributed by atoms with E-state index in [0.29, 0.717) is 5.15 Å². The molecule has 132 valence electrons. The standard InChI is InChI=1S/C20H25ClN4/c21-20-9-8-19(22-23-20)15-25-13-17-6-7-18(14-25)12-24(11-17)10-16-4-2-1-3-5-16/h1-5,8-9,17-18H,6-7,10-15H2. The minimum atomic E-state index is 0.466. The van der Waals surface area contributed by atoms with Crippen molar-refractivity contribution in [3.63, 3.8) is 0 Å². The van der Waals surface area contributed by atoms with Gasteiger partial charge in [0.2, 0.25) is 0 Å². The lowest BCUT2D eigenvalue weighted by atomic mass is 10.0. The van der Waals surface area contributed by atoms with Crippen molar-refractivity contribution in [1.29, 1.82) is 0 Å². The van der Waals surface area contributed by atoms with Gasteiger partial charge in [0.25, 0.3) is 0 Å². The number of fused-ring (bicyclic) bond motifs is 3. The van der Waals surface area contributed by atoms with Crippen LogP contribution in [0.25, 0.3) is 0 Å². The van der Waals surface area contributed by atoms with Gasteiger partial charge in [0, 0.05) is 39.3 Å². The van der Waals surface area contributed by atoms with Crippen molar-refractivity contribution in [2.45, 2.75) is 25.9 Å². The second-order valence-corrected chi connectivity index (χ2v) is 7.92. The van der Waals surface area contributed by atoms with Crippen LogP contribution in [0.15, 0.2) is 42.5 Å². The molecule has 4 rings (SSSR count). The summed E-state index contributed by atoms with van der Waals surface area (Å²) in [5, 5.41) is 8.68. The van der Waals surface area contributed by atoms with E-state index in [4.69, 9.17) is 11.6 Å². The fourth-order valence-corrected chi connectivity index (χ4v) is 4.42. The molecule has 0 radical (unpaired) electrons. The van der Waals surface area contributed by atoms with E-state index in [0.717, 1.165) is 43.7 Å². The van der Waals surface area contributed by atoms with Crippen LogP contribution >= 0.6 is 11.6 Å². The van der Waals surface area contributed by atoms with Gasteiger partial charge in [0.15, 0.2) is 5.15 Å². The third-order valence-corrected chi connectivity index (χ3v) is 5.57. The Morgan fingerprint density at radius 1 is 0.800 bits per heavy atom. The highest BCUT2D eigenvalue weighted by Gasteiger charge is 2.31. The zero-order valence-electron chi connectivity index (χ0n) is 14.5. The molecule has 2 aliphatic rings. The Balaban J connectivity index is 1.39. The van der Waals surface area contributed by atoms with Gasteiger partial charge >= 0.3 is 0 Å². The molecule has 3 heterocycles. The summed E-state index contributed by atoms with van der Waals surface area (Å²) < 4.78 is 0. The number of benzene rings is 1. The first-order chi connectivity index (χ1) is 12.2. The average Bonchev–Trinajstić information content (AvgIpc) is 2.90. The summed E-state index contributed by atoms with van der Waals surface area (Å²) >= 11 is 5.85. The lowest BCUT2D eigenvalue weighted by Crippen LogP contribution is -2.42. The Kier molecular flexibility index (Phi) is 5.30. The summed E-state index contributed by atoms with van der Waals surface area (Å²) in [6.45, 7) is 6.69. The number of hydrogen-bond donors (Lipinski definition) is 0. The monoisotopic (exact) mass is 356 g/mol. The maximum atomic E-state index is 5.85. The molecule has 0 saturated carbocycles. The number of halogens is 1. The van der Waals surface area contributed by atoms with Gasteiger partial charge < -0.3 is 0 Å². The highest BCUT2D eigenvalue weighted by molar-refractivity contribution is 6.29. The van der Waals surface area contributed by atoms with Crippen molar-refractivity contribution in [3.8, 4) is 0 Å². The quantitative estimate of drug-likeness (QED) is 0.839. The van der Waals surface area contributed by atoms with Crippen molar-refractivity contribution in [2.75, 3.05) is 26.2 Å². The van der Waals surface area contributed by atoms with Crippen LogP contribution in [0.3, 0.4) is 0 Å². The lowest BCUT2D eigenvalue weighted by molar-refractivity contribution is 0.123. The van der Waals surface area contributed by atoms with Crippen LogP contribution in [0.2, 0.25) is 5.15 Å². The topological polar surface area (TPSA) is 32.3 Å². The van der Waals surface area contributed by atoms with Crippen LogP contribution in [0.5, 0.6) is 0 Å². The maximum absolute atomic E-state index is 5.85. The van der Waals surface area contributed by atoms with Gasteiger partial charge in [-0.15, -0.1) is 5.10 Å². The first-order valence-electron chi connectivity index (χ1n) is 9.21. The van der Waals surface area contributed by atoms with Crippen LogP contribution in [0.4, 0.5) is 0 Å². The molecule has 4 nitrogen and oxygen atoms in total. The first-order valence-corrected chi connectivity index (χ1v) is 9.59. The van der Waals surface area contributed by atoms with Crippen LogP contribution in [0, 0.1) is 11.8 Å². The second kappa shape index (κ2) is 7.81. The van der Waals surface area contributed by atoms with E-state index in [9.17, 15) is 0 Å². The van der Waals surface area contributed by atoms with Gasteiger partial charge in [0.05, 0.1) is 5.69 Å².